The fourth-order valence-corrected chi connectivity index (χ4v) is 2.43. The van der Waals surface area contributed by atoms with Gasteiger partial charge in [0, 0.05) is 0 Å². The lowest BCUT2D eigenvalue weighted by Crippen LogP contribution is -2.23. The van der Waals surface area contributed by atoms with Gasteiger partial charge in [0.2, 0.25) is 0 Å². The van der Waals surface area contributed by atoms with Crippen molar-refractivity contribution in [1.82, 2.24) is 0 Å². The van der Waals surface area contributed by atoms with E-state index in [1.807, 2.05) is 24.3 Å². The van der Waals surface area contributed by atoms with E-state index in [2.05, 4.69) is 13.8 Å². The quantitative estimate of drug-likeness (QED) is 0.893. The summed E-state index contributed by atoms with van der Waals surface area (Å²) in [5.41, 5.74) is 1.10. The number of hydrogen-bond donors (Lipinski definition) is 1. The average Bonchev–Trinajstić information content (AvgIpc) is 2.69. The summed E-state index contributed by atoms with van der Waals surface area (Å²) in [7, 11) is 1.64. The first-order chi connectivity index (χ1) is 8.53. The first-order valence-electron chi connectivity index (χ1n) is 6.42. The second-order valence-corrected chi connectivity index (χ2v) is 5.73. The molecule has 1 N–H and O–H groups in total. The van der Waals surface area contributed by atoms with Crippen LogP contribution in [-0.4, -0.2) is 25.4 Å². The van der Waals surface area contributed by atoms with Crippen LogP contribution in [-0.2, 0) is 4.74 Å². The number of aliphatic hydroxyl groups excluding tert-OH is 1. The highest BCUT2D eigenvalue weighted by Crippen LogP contribution is 2.39. The lowest BCUT2D eigenvalue weighted by atomic mass is 9.78. The molecule has 1 fully saturated rings. The summed E-state index contributed by atoms with van der Waals surface area (Å²) < 4.78 is 10.6. The van der Waals surface area contributed by atoms with Crippen molar-refractivity contribution < 1.29 is 14.6 Å². The lowest BCUT2D eigenvalue weighted by Gasteiger charge is -2.26. The van der Waals surface area contributed by atoms with Gasteiger partial charge in [0.15, 0.2) is 0 Å². The Morgan fingerprint density at radius 3 is 2.56 bits per heavy atom. The molecule has 1 heterocycles. The van der Waals surface area contributed by atoms with Crippen LogP contribution in [0.3, 0.4) is 0 Å². The van der Waals surface area contributed by atoms with Crippen LogP contribution in [0.15, 0.2) is 24.3 Å². The molecule has 0 spiro atoms. The van der Waals surface area contributed by atoms with Crippen LogP contribution >= 0.6 is 0 Å². The Morgan fingerprint density at radius 1 is 1.39 bits per heavy atom. The Hall–Kier alpha value is -1.06. The Bertz CT molecular complexity index is 383. The summed E-state index contributed by atoms with van der Waals surface area (Å²) in [6.07, 6.45) is 0.321. The van der Waals surface area contributed by atoms with Gasteiger partial charge in [-0.3, -0.25) is 0 Å². The lowest BCUT2D eigenvalue weighted by molar-refractivity contribution is 0.117. The van der Waals surface area contributed by atoms with E-state index in [1.54, 1.807) is 7.11 Å². The van der Waals surface area contributed by atoms with Gasteiger partial charge in [0.25, 0.3) is 0 Å². The van der Waals surface area contributed by atoms with E-state index in [1.165, 1.54) is 0 Å². The largest absolute Gasteiger partial charge is 0.497 e. The van der Waals surface area contributed by atoms with Crippen molar-refractivity contribution in [3.63, 3.8) is 0 Å². The standard InChI is InChI=1S/C15H22O3/c1-15(2)10-18-9-12(15)8-14(16)11-4-6-13(17-3)7-5-11/h4-7,12,14,16H,8-10H2,1-3H3. The van der Waals surface area contributed by atoms with E-state index < -0.39 is 6.10 Å². The summed E-state index contributed by atoms with van der Waals surface area (Å²) in [5, 5.41) is 10.3. The molecule has 0 aromatic heterocycles. The van der Waals surface area contributed by atoms with Crippen LogP contribution in [0.25, 0.3) is 0 Å². The molecule has 2 rings (SSSR count). The van der Waals surface area contributed by atoms with Gasteiger partial charge in [-0.25, -0.2) is 0 Å². The fraction of sp³-hybridized carbons (Fsp3) is 0.600. The van der Waals surface area contributed by atoms with Crippen LogP contribution < -0.4 is 4.74 Å². The van der Waals surface area contributed by atoms with E-state index >= 15 is 0 Å². The minimum Gasteiger partial charge on any atom is -0.497 e. The monoisotopic (exact) mass is 250 g/mol. The molecule has 100 valence electrons. The number of aliphatic hydroxyl groups is 1. The summed E-state index contributed by atoms with van der Waals surface area (Å²) in [6, 6.07) is 7.61. The minimum absolute atomic E-state index is 0.160. The fourth-order valence-electron chi connectivity index (χ4n) is 2.43. The van der Waals surface area contributed by atoms with Gasteiger partial charge in [-0.15, -0.1) is 0 Å². The molecule has 1 aliphatic rings. The topological polar surface area (TPSA) is 38.7 Å². The second kappa shape index (κ2) is 5.29. The molecule has 18 heavy (non-hydrogen) atoms. The molecule has 0 amide bonds. The first-order valence-corrected chi connectivity index (χ1v) is 6.42. The molecule has 0 aliphatic carbocycles. The smallest absolute Gasteiger partial charge is 0.118 e. The highest BCUT2D eigenvalue weighted by atomic mass is 16.5. The molecule has 0 saturated carbocycles. The number of rotatable bonds is 4. The number of benzene rings is 1. The zero-order valence-electron chi connectivity index (χ0n) is 11.3. The van der Waals surface area contributed by atoms with Crippen molar-refractivity contribution >= 4 is 0 Å². The molecular weight excluding hydrogens is 228 g/mol. The maximum absolute atomic E-state index is 10.3. The van der Waals surface area contributed by atoms with Crippen LogP contribution in [0.4, 0.5) is 0 Å². The van der Waals surface area contributed by atoms with Gasteiger partial charge in [-0.05, 0) is 35.4 Å². The maximum atomic E-state index is 10.3. The molecule has 3 nitrogen and oxygen atoms in total. The predicted octanol–water partition coefficient (Wildman–Crippen LogP) is 2.79. The summed E-state index contributed by atoms with van der Waals surface area (Å²) in [6.45, 7) is 5.93. The van der Waals surface area contributed by atoms with Crippen molar-refractivity contribution in [3.8, 4) is 5.75 Å². The van der Waals surface area contributed by atoms with E-state index in [9.17, 15) is 5.11 Å². The molecule has 0 bridgehead atoms. The van der Waals surface area contributed by atoms with Gasteiger partial charge in [0.1, 0.15) is 5.75 Å². The van der Waals surface area contributed by atoms with Crippen molar-refractivity contribution in [3.05, 3.63) is 29.8 Å². The van der Waals surface area contributed by atoms with Gasteiger partial charge >= 0.3 is 0 Å². The van der Waals surface area contributed by atoms with Crippen LogP contribution in [0.2, 0.25) is 0 Å². The molecule has 2 unspecified atom stereocenters. The molecule has 3 heteroatoms. The van der Waals surface area contributed by atoms with E-state index in [0.29, 0.717) is 5.92 Å². The zero-order valence-corrected chi connectivity index (χ0v) is 11.3. The molecule has 1 aromatic rings. The van der Waals surface area contributed by atoms with E-state index in [0.717, 1.165) is 30.9 Å². The Kier molecular flexibility index (Phi) is 3.93. The normalized spacial score (nSPS) is 23.9. The molecule has 2 atom stereocenters. The predicted molar refractivity (Wildman–Crippen MR) is 70.7 cm³/mol. The SMILES string of the molecule is COc1ccc(C(O)CC2COCC2(C)C)cc1. The third kappa shape index (κ3) is 2.85. The number of hydrogen-bond acceptors (Lipinski definition) is 3. The van der Waals surface area contributed by atoms with E-state index in [4.69, 9.17) is 9.47 Å². The number of ether oxygens (including phenoxy) is 2. The van der Waals surface area contributed by atoms with Crippen LogP contribution in [0.1, 0.15) is 31.9 Å². The van der Waals surface area contributed by atoms with Crippen molar-refractivity contribution in [2.75, 3.05) is 20.3 Å². The Labute approximate surface area is 109 Å². The van der Waals surface area contributed by atoms with Gasteiger partial charge in [-0.2, -0.15) is 0 Å². The minimum atomic E-state index is -0.429. The van der Waals surface area contributed by atoms with Crippen molar-refractivity contribution in [2.24, 2.45) is 11.3 Å². The molecular formula is C15H22O3. The number of methoxy groups -OCH3 is 1. The van der Waals surface area contributed by atoms with Crippen molar-refractivity contribution in [2.45, 2.75) is 26.4 Å². The third-order valence-electron chi connectivity index (χ3n) is 3.91. The van der Waals surface area contributed by atoms with E-state index in [-0.39, 0.29) is 5.41 Å². The van der Waals surface area contributed by atoms with Crippen LogP contribution in [0, 0.1) is 11.3 Å². The van der Waals surface area contributed by atoms with Gasteiger partial charge in [0.05, 0.1) is 26.4 Å². The molecule has 0 radical (unpaired) electrons. The third-order valence-corrected chi connectivity index (χ3v) is 3.91. The summed E-state index contributed by atoms with van der Waals surface area (Å²) in [5.74, 6) is 1.23. The Morgan fingerprint density at radius 2 is 2.06 bits per heavy atom. The van der Waals surface area contributed by atoms with Crippen molar-refractivity contribution in [1.29, 1.82) is 0 Å². The highest BCUT2D eigenvalue weighted by Gasteiger charge is 2.36. The average molecular weight is 250 g/mol. The van der Waals surface area contributed by atoms with Gasteiger partial charge < -0.3 is 14.6 Å². The highest BCUT2D eigenvalue weighted by molar-refractivity contribution is 5.28. The molecule has 1 saturated heterocycles. The maximum Gasteiger partial charge on any atom is 0.118 e. The summed E-state index contributed by atoms with van der Waals surface area (Å²) in [4.78, 5) is 0. The van der Waals surface area contributed by atoms with Crippen LogP contribution in [0.5, 0.6) is 5.75 Å². The second-order valence-electron chi connectivity index (χ2n) is 5.73. The summed E-state index contributed by atoms with van der Waals surface area (Å²) >= 11 is 0. The Balaban J connectivity index is 2.00. The first kappa shape index (κ1) is 13.4. The molecule has 1 aliphatic heterocycles. The zero-order chi connectivity index (χ0) is 13.2. The van der Waals surface area contributed by atoms with Gasteiger partial charge in [-0.1, -0.05) is 26.0 Å². The molecule has 1 aromatic carbocycles.